The van der Waals surface area contributed by atoms with Crippen molar-refractivity contribution in [2.45, 2.75) is 26.8 Å². The van der Waals surface area contributed by atoms with Crippen molar-refractivity contribution in [2.24, 2.45) is 5.10 Å². The SMILES string of the molecule is COc1ccc(CN(C(C)=O)C2=NN(c3sccc3C)CC2)cc1. The van der Waals surface area contributed by atoms with E-state index in [1.807, 2.05) is 29.3 Å². The van der Waals surface area contributed by atoms with Gasteiger partial charge in [-0.25, -0.2) is 0 Å². The highest BCUT2D eigenvalue weighted by Gasteiger charge is 2.25. The number of carbonyl (C=O) groups is 1. The number of benzene rings is 1. The van der Waals surface area contributed by atoms with Crippen LogP contribution in [0.3, 0.4) is 0 Å². The molecule has 2 aromatic rings. The molecule has 1 aliphatic rings. The largest absolute Gasteiger partial charge is 0.497 e. The first-order valence-electron chi connectivity index (χ1n) is 7.88. The van der Waals surface area contributed by atoms with Gasteiger partial charge in [0.2, 0.25) is 5.91 Å². The summed E-state index contributed by atoms with van der Waals surface area (Å²) in [5.74, 6) is 1.64. The van der Waals surface area contributed by atoms with E-state index < -0.39 is 0 Å². The number of thiophene rings is 1. The van der Waals surface area contributed by atoms with Gasteiger partial charge in [-0.05, 0) is 41.6 Å². The van der Waals surface area contributed by atoms with Gasteiger partial charge < -0.3 is 4.74 Å². The molecule has 0 fully saturated rings. The van der Waals surface area contributed by atoms with Crippen molar-refractivity contribution < 1.29 is 9.53 Å². The summed E-state index contributed by atoms with van der Waals surface area (Å²) in [4.78, 5) is 13.9. The van der Waals surface area contributed by atoms with Crippen LogP contribution in [-0.2, 0) is 11.3 Å². The second-order valence-corrected chi connectivity index (χ2v) is 6.65. The van der Waals surface area contributed by atoms with E-state index in [1.165, 1.54) is 5.56 Å². The molecule has 2 heterocycles. The monoisotopic (exact) mass is 343 g/mol. The third kappa shape index (κ3) is 3.43. The Morgan fingerprint density at radius 1 is 1.33 bits per heavy atom. The van der Waals surface area contributed by atoms with E-state index in [4.69, 9.17) is 4.74 Å². The summed E-state index contributed by atoms with van der Waals surface area (Å²) in [7, 11) is 1.64. The van der Waals surface area contributed by atoms with Gasteiger partial charge in [0.25, 0.3) is 0 Å². The highest BCUT2D eigenvalue weighted by Crippen LogP contribution is 2.30. The van der Waals surface area contributed by atoms with Gasteiger partial charge in [-0.3, -0.25) is 14.7 Å². The standard InChI is InChI=1S/C18H21N3O2S/c1-13-9-11-24-18(13)21-10-8-17(19-21)20(14(2)22)12-15-4-6-16(23-3)7-5-15/h4-7,9,11H,8,10,12H2,1-3H3. The van der Waals surface area contributed by atoms with Crippen molar-refractivity contribution in [3.63, 3.8) is 0 Å². The number of amides is 1. The Morgan fingerprint density at radius 2 is 2.08 bits per heavy atom. The zero-order valence-electron chi connectivity index (χ0n) is 14.2. The highest BCUT2D eigenvalue weighted by molar-refractivity contribution is 7.14. The van der Waals surface area contributed by atoms with Crippen molar-refractivity contribution in [1.82, 2.24) is 4.90 Å². The number of hydrogen-bond acceptors (Lipinski definition) is 5. The lowest BCUT2D eigenvalue weighted by Gasteiger charge is -2.20. The first-order chi connectivity index (χ1) is 11.6. The number of aryl methyl sites for hydroxylation is 1. The predicted octanol–water partition coefficient (Wildman–Crippen LogP) is 3.64. The van der Waals surface area contributed by atoms with Crippen LogP contribution in [0.2, 0.25) is 0 Å². The van der Waals surface area contributed by atoms with E-state index >= 15 is 0 Å². The van der Waals surface area contributed by atoms with E-state index in [1.54, 1.807) is 30.3 Å². The molecule has 1 aliphatic heterocycles. The van der Waals surface area contributed by atoms with Crippen molar-refractivity contribution in [3.8, 4) is 5.75 Å². The van der Waals surface area contributed by atoms with Crippen LogP contribution in [0.25, 0.3) is 0 Å². The average Bonchev–Trinajstić information content (AvgIpc) is 3.21. The van der Waals surface area contributed by atoms with Gasteiger partial charge in [0.1, 0.15) is 16.6 Å². The van der Waals surface area contributed by atoms with Gasteiger partial charge in [0.15, 0.2) is 0 Å². The highest BCUT2D eigenvalue weighted by atomic mass is 32.1. The zero-order valence-corrected chi connectivity index (χ0v) is 15.0. The van der Waals surface area contributed by atoms with Crippen LogP contribution >= 0.6 is 11.3 Å². The molecule has 5 nitrogen and oxygen atoms in total. The Balaban J connectivity index is 1.78. The molecule has 1 amide bonds. The first-order valence-corrected chi connectivity index (χ1v) is 8.76. The number of hydrogen-bond donors (Lipinski definition) is 0. The van der Waals surface area contributed by atoms with Gasteiger partial charge in [-0.1, -0.05) is 12.1 Å². The van der Waals surface area contributed by atoms with E-state index in [2.05, 4.69) is 23.5 Å². The second-order valence-electron chi connectivity index (χ2n) is 5.75. The quantitative estimate of drug-likeness (QED) is 0.851. The fraction of sp³-hybridized carbons (Fsp3) is 0.333. The van der Waals surface area contributed by atoms with E-state index in [0.717, 1.165) is 35.1 Å². The molecule has 0 saturated carbocycles. The number of carbonyl (C=O) groups excluding carboxylic acids is 1. The Labute approximate surface area is 146 Å². The first kappa shape index (κ1) is 16.5. The molecule has 0 bridgehead atoms. The van der Waals surface area contributed by atoms with Gasteiger partial charge in [0, 0.05) is 19.9 Å². The van der Waals surface area contributed by atoms with Crippen molar-refractivity contribution >= 4 is 28.1 Å². The molecular formula is C18H21N3O2S. The van der Waals surface area contributed by atoms with Crippen molar-refractivity contribution in [3.05, 3.63) is 46.8 Å². The predicted molar refractivity (Wildman–Crippen MR) is 97.7 cm³/mol. The summed E-state index contributed by atoms with van der Waals surface area (Å²) in [6, 6.07) is 9.86. The Kier molecular flexibility index (Phi) is 4.85. The fourth-order valence-electron chi connectivity index (χ4n) is 2.71. The fourth-order valence-corrected chi connectivity index (χ4v) is 3.62. The van der Waals surface area contributed by atoms with E-state index in [0.29, 0.717) is 6.54 Å². The third-order valence-electron chi connectivity index (χ3n) is 4.04. The van der Waals surface area contributed by atoms with Crippen LogP contribution < -0.4 is 9.75 Å². The zero-order chi connectivity index (χ0) is 17.1. The molecule has 0 N–H and O–H groups in total. The molecule has 1 aromatic carbocycles. The van der Waals surface area contributed by atoms with Crippen LogP contribution in [0.1, 0.15) is 24.5 Å². The molecule has 0 atom stereocenters. The normalized spacial score (nSPS) is 13.8. The summed E-state index contributed by atoms with van der Waals surface area (Å²) < 4.78 is 5.18. The lowest BCUT2D eigenvalue weighted by atomic mass is 10.2. The lowest BCUT2D eigenvalue weighted by molar-refractivity contribution is -0.125. The number of methoxy groups -OCH3 is 1. The third-order valence-corrected chi connectivity index (χ3v) is 5.07. The number of rotatable bonds is 4. The molecule has 0 saturated heterocycles. The number of anilines is 1. The Hall–Kier alpha value is -2.34. The van der Waals surface area contributed by atoms with E-state index in [9.17, 15) is 4.79 Å². The molecule has 6 heteroatoms. The number of nitrogens with zero attached hydrogens (tertiary/aromatic N) is 3. The summed E-state index contributed by atoms with van der Waals surface area (Å²) in [5.41, 5.74) is 2.27. The van der Waals surface area contributed by atoms with Crippen LogP contribution in [0.5, 0.6) is 5.75 Å². The van der Waals surface area contributed by atoms with Crippen LogP contribution in [-0.4, -0.2) is 30.3 Å². The van der Waals surface area contributed by atoms with Gasteiger partial charge in [-0.15, -0.1) is 11.3 Å². The molecule has 0 aliphatic carbocycles. The second kappa shape index (κ2) is 7.05. The summed E-state index contributed by atoms with van der Waals surface area (Å²) in [6.07, 6.45) is 0.771. The molecule has 126 valence electrons. The minimum atomic E-state index is 0.00863. The molecule has 1 aromatic heterocycles. The van der Waals surface area contributed by atoms with Crippen LogP contribution in [0, 0.1) is 6.92 Å². The smallest absolute Gasteiger partial charge is 0.225 e. The summed E-state index contributed by atoms with van der Waals surface area (Å²) in [5, 5.41) is 9.90. The topological polar surface area (TPSA) is 45.1 Å². The van der Waals surface area contributed by atoms with Crippen molar-refractivity contribution in [1.29, 1.82) is 0 Å². The van der Waals surface area contributed by atoms with Gasteiger partial charge in [-0.2, -0.15) is 5.10 Å². The summed E-state index contributed by atoms with van der Waals surface area (Å²) in [6.45, 7) is 5.00. The molecule has 24 heavy (non-hydrogen) atoms. The molecule has 0 spiro atoms. The molecule has 0 radical (unpaired) electrons. The number of ether oxygens (including phenoxy) is 1. The molecule has 0 unspecified atom stereocenters. The lowest BCUT2D eigenvalue weighted by Crippen LogP contribution is -2.33. The van der Waals surface area contributed by atoms with Crippen LogP contribution in [0.4, 0.5) is 5.00 Å². The Morgan fingerprint density at radius 3 is 2.67 bits per heavy atom. The maximum Gasteiger partial charge on any atom is 0.225 e. The van der Waals surface area contributed by atoms with Crippen molar-refractivity contribution in [2.75, 3.05) is 18.7 Å². The maximum atomic E-state index is 12.1. The minimum Gasteiger partial charge on any atom is -0.497 e. The number of hydrazone groups is 1. The minimum absolute atomic E-state index is 0.00863. The molecule has 3 rings (SSSR count). The van der Waals surface area contributed by atoms with Gasteiger partial charge >= 0.3 is 0 Å². The maximum absolute atomic E-state index is 12.1. The Bertz CT molecular complexity index is 752. The average molecular weight is 343 g/mol. The van der Waals surface area contributed by atoms with Gasteiger partial charge in [0.05, 0.1) is 13.7 Å². The number of amidine groups is 1. The molecular weight excluding hydrogens is 322 g/mol. The van der Waals surface area contributed by atoms with Crippen LogP contribution in [0.15, 0.2) is 40.8 Å². The van der Waals surface area contributed by atoms with E-state index in [-0.39, 0.29) is 5.91 Å². The summed E-state index contributed by atoms with van der Waals surface area (Å²) >= 11 is 1.68.